The lowest BCUT2D eigenvalue weighted by Crippen LogP contribution is -2.50. The molecular formula is C25H38N4O4S. The predicted octanol–water partition coefficient (Wildman–Crippen LogP) is 4.88. The molecule has 1 saturated heterocycles. The van der Waals surface area contributed by atoms with Gasteiger partial charge in [0.15, 0.2) is 10.7 Å². The van der Waals surface area contributed by atoms with Crippen molar-refractivity contribution in [2.24, 2.45) is 5.41 Å². The molecule has 0 spiro atoms. The average molecular weight is 491 g/mol. The van der Waals surface area contributed by atoms with Crippen LogP contribution in [0.25, 0.3) is 4.96 Å². The van der Waals surface area contributed by atoms with Crippen molar-refractivity contribution in [2.45, 2.75) is 79.2 Å². The summed E-state index contributed by atoms with van der Waals surface area (Å²) < 4.78 is 13.1. The number of aromatic nitrogens is 2. The lowest BCUT2D eigenvalue weighted by Gasteiger charge is -2.41. The molecule has 0 saturated carbocycles. The van der Waals surface area contributed by atoms with Gasteiger partial charge in [0.2, 0.25) is 0 Å². The Labute approximate surface area is 206 Å². The lowest BCUT2D eigenvalue weighted by atomic mass is 9.67. The molecule has 0 radical (unpaired) electrons. The highest BCUT2D eigenvalue weighted by molar-refractivity contribution is 7.17. The highest BCUT2D eigenvalue weighted by Crippen LogP contribution is 2.50. The molecule has 0 N–H and O–H groups in total. The Morgan fingerprint density at radius 2 is 1.74 bits per heavy atom. The molecule has 0 unspecified atom stereocenters. The molecule has 0 bridgehead atoms. The van der Waals surface area contributed by atoms with Crippen molar-refractivity contribution < 1.29 is 19.1 Å². The SMILES string of the molecule is CCOC(=O)c1nc2sc3c(n2c1N1CCN(C(=O)OC(C)(C)C)CC1)CC(C)(C)CC3(C)C. The summed E-state index contributed by atoms with van der Waals surface area (Å²) >= 11 is 1.69. The zero-order valence-electron chi connectivity index (χ0n) is 21.8. The minimum atomic E-state index is -0.530. The quantitative estimate of drug-likeness (QED) is 0.571. The number of esters is 1. The summed E-state index contributed by atoms with van der Waals surface area (Å²) in [6.45, 7) is 19.2. The molecule has 2 aromatic rings. The molecule has 34 heavy (non-hydrogen) atoms. The van der Waals surface area contributed by atoms with Gasteiger partial charge in [0.05, 0.1) is 6.61 Å². The van der Waals surface area contributed by atoms with Crippen molar-refractivity contribution in [1.29, 1.82) is 0 Å². The van der Waals surface area contributed by atoms with Crippen molar-refractivity contribution in [3.63, 3.8) is 0 Å². The minimum absolute atomic E-state index is 0.0409. The number of piperazine rings is 1. The number of rotatable bonds is 3. The topological polar surface area (TPSA) is 76.4 Å². The number of imidazole rings is 1. The summed E-state index contributed by atoms with van der Waals surface area (Å²) in [6.07, 6.45) is 1.73. The van der Waals surface area contributed by atoms with E-state index in [0.717, 1.165) is 23.6 Å². The molecule has 0 aromatic carbocycles. The van der Waals surface area contributed by atoms with Crippen LogP contribution < -0.4 is 4.90 Å². The second kappa shape index (κ2) is 8.43. The number of hydrogen-bond acceptors (Lipinski definition) is 7. The number of thiazole rings is 1. The number of nitrogens with zero attached hydrogens (tertiary/aromatic N) is 4. The predicted molar refractivity (Wildman–Crippen MR) is 134 cm³/mol. The molecule has 1 aliphatic carbocycles. The highest BCUT2D eigenvalue weighted by atomic mass is 32.1. The monoisotopic (exact) mass is 490 g/mol. The Hall–Kier alpha value is -2.29. The third-order valence-corrected chi connectivity index (χ3v) is 7.88. The first-order valence-electron chi connectivity index (χ1n) is 12.2. The normalized spacial score (nSPS) is 19.8. The van der Waals surface area contributed by atoms with Gasteiger partial charge in [-0.3, -0.25) is 4.40 Å². The van der Waals surface area contributed by atoms with Crippen molar-refractivity contribution in [2.75, 3.05) is 37.7 Å². The Bertz CT molecular complexity index is 1100. The molecule has 188 valence electrons. The number of carbonyl (C=O) groups excluding carboxylic acids is 2. The van der Waals surface area contributed by atoms with Gasteiger partial charge in [-0.15, -0.1) is 11.3 Å². The van der Waals surface area contributed by atoms with E-state index in [-0.39, 0.29) is 16.9 Å². The van der Waals surface area contributed by atoms with Crippen LogP contribution in [-0.2, 0) is 21.3 Å². The van der Waals surface area contributed by atoms with Crippen LogP contribution >= 0.6 is 11.3 Å². The van der Waals surface area contributed by atoms with Crippen LogP contribution in [0, 0.1) is 5.41 Å². The first-order valence-corrected chi connectivity index (χ1v) is 13.0. The van der Waals surface area contributed by atoms with Crippen LogP contribution in [0.3, 0.4) is 0 Å². The van der Waals surface area contributed by atoms with Gasteiger partial charge in [-0.05, 0) is 46.0 Å². The van der Waals surface area contributed by atoms with Gasteiger partial charge in [-0.25, -0.2) is 14.6 Å². The fraction of sp³-hybridized carbons (Fsp3) is 0.720. The van der Waals surface area contributed by atoms with Crippen molar-refractivity contribution in [3.8, 4) is 0 Å². The molecular weight excluding hydrogens is 452 g/mol. The lowest BCUT2D eigenvalue weighted by molar-refractivity contribution is 0.0239. The fourth-order valence-corrected chi connectivity index (χ4v) is 6.73. The first-order chi connectivity index (χ1) is 15.7. The Morgan fingerprint density at radius 3 is 2.32 bits per heavy atom. The second-order valence-corrected chi connectivity index (χ2v) is 12.8. The number of carbonyl (C=O) groups is 2. The first kappa shape index (κ1) is 24.8. The van der Waals surface area contributed by atoms with Crippen LogP contribution in [0.2, 0.25) is 0 Å². The summed E-state index contributed by atoms with van der Waals surface area (Å²) in [5.41, 5.74) is 1.26. The number of amides is 1. The third kappa shape index (κ3) is 4.63. The van der Waals surface area contributed by atoms with Gasteiger partial charge < -0.3 is 19.3 Å². The van der Waals surface area contributed by atoms with Gasteiger partial charge in [0.25, 0.3) is 0 Å². The van der Waals surface area contributed by atoms with Crippen LogP contribution in [0.15, 0.2) is 0 Å². The standard InChI is InChI=1S/C25H38N4O4S/c1-9-32-20(30)17-19(27-10-12-28(13-11-27)22(31)33-23(2,3)4)29-16-14-24(5,6)15-25(7,8)18(16)34-21(29)26-17/h9-15H2,1-8H3. The van der Waals surface area contributed by atoms with E-state index in [9.17, 15) is 9.59 Å². The maximum absolute atomic E-state index is 12.9. The van der Waals surface area contributed by atoms with Crippen molar-refractivity contribution in [1.82, 2.24) is 14.3 Å². The molecule has 4 rings (SSSR count). The van der Waals surface area contributed by atoms with Gasteiger partial charge >= 0.3 is 12.1 Å². The second-order valence-electron chi connectivity index (χ2n) is 11.9. The molecule has 8 nitrogen and oxygen atoms in total. The van der Waals surface area contributed by atoms with E-state index in [1.54, 1.807) is 16.2 Å². The van der Waals surface area contributed by atoms with E-state index in [4.69, 9.17) is 14.5 Å². The molecule has 9 heteroatoms. The van der Waals surface area contributed by atoms with E-state index in [1.165, 1.54) is 10.6 Å². The Morgan fingerprint density at radius 1 is 1.09 bits per heavy atom. The maximum Gasteiger partial charge on any atom is 0.410 e. The molecule has 1 fully saturated rings. The Kier molecular flexibility index (Phi) is 6.15. The summed E-state index contributed by atoms with van der Waals surface area (Å²) in [5.74, 6) is 0.398. The Balaban J connectivity index is 1.73. The number of hydrogen-bond donors (Lipinski definition) is 0. The van der Waals surface area contributed by atoms with Gasteiger partial charge in [0.1, 0.15) is 11.4 Å². The zero-order valence-corrected chi connectivity index (χ0v) is 22.6. The third-order valence-electron chi connectivity index (χ3n) is 6.43. The molecule has 2 aromatic heterocycles. The van der Waals surface area contributed by atoms with Crippen LogP contribution in [0.5, 0.6) is 0 Å². The highest BCUT2D eigenvalue weighted by Gasteiger charge is 2.42. The largest absolute Gasteiger partial charge is 0.461 e. The van der Waals surface area contributed by atoms with Gasteiger partial charge in [0, 0.05) is 42.2 Å². The van der Waals surface area contributed by atoms with E-state index in [0.29, 0.717) is 38.5 Å². The maximum atomic E-state index is 12.9. The molecule has 0 atom stereocenters. The molecule has 1 amide bonds. The van der Waals surface area contributed by atoms with Gasteiger partial charge in [-0.1, -0.05) is 27.7 Å². The van der Waals surface area contributed by atoms with E-state index >= 15 is 0 Å². The zero-order chi connectivity index (χ0) is 25.1. The van der Waals surface area contributed by atoms with E-state index < -0.39 is 11.6 Å². The summed E-state index contributed by atoms with van der Waals surface area (Å²) in [5, 5.41) is 0. The number of ether oxygens (including phenoxy) is 2. The minimum Gasteiger partial charge on any atom is -0.461 e. The van der Waals surface area contributed by atoms with E-state index in [1.807, 2.05) is 27.7 Å². The van der Waals surface area contributed by atoms with Crippen molar-refractivity contribution >= 4 is 34.2 Å². The summed E-state index contributed by atoms with van der Waals surface area (Å²) in [4.78, 5) is 36.4. The molecule has 1 aliphatic heterocycles. The molecule has 3 heterocycles. The van der Waals surface area contributed by atoms with Gasteiger partial charge in [-0.2, -0.15) is 0 Å². The van der Waals surface area contributed by atoms with E-state index in [2.05, 4.69) is 37.0 Å². The summed E-state index contributed by atoms with van der Waals surface area (Å²) in [6, 6.07) is 0. The summed E-state index contributed by atoms with van der Waals surface area (Å²) in [7, 11) is 0. The van der Waals surface area contributed by atoms with Crippen LogP contribution in [0.4, 0.5) is 10.6 Å². The average Bonchev–Trinajstić information content (AvgIpc) is 3.23. The fourth-order valence-electron chi connectivity index (χ4n) is 5.49. The number of fused-ring (bicyclic) bond motifs is 3. The molecule has 2 aliphatic rings. The number of anilines is 1. The van der Waals surface area contributed by atoms with Crippen LogP contribution in [0.1, 0.15) is 82.9 Å². The van der Waals surface area contributed by atoms with Crippen LogP contribution in [-0.4, -0.2) is 64.7 Å². The van der Waals surface area contributed by atoms with Crippen molar-refractivity contribution in [3.05, 3.63) is 16.3 Å². The smallest absolute Gasteiger partial charge is 0.410 e.